The number of benzene rings is 2. The Hall–Kier alpha value is -2.79. The lowest BCUT2D eigenvalue weighted by Crippen LogP contribution is -2.52. The van der Waals surface area contributed by atoms with Crippen molar-refractivity contribution in [2.75, 3.05) is 26.3 Å². The summed E-state index contributed by atoms with van der Waals surface area (Å²) in [6.07, 6.45) is -2.20. The molecule has 0 spiro atoms. The van der Waals surface area contributed by atoms with E-state index in [1.165, 1.54) is 0 Å². The van der Waals surface area contributed by atoms with Gasteiger partial charge in [0.15, 0.2) is 0 Å². The molecule has 2 atom stereocenters. The van der Waals surface area contributed by atoms with Crippen molar-refractivity contribution in [1.82, 2.24) is 0 Å². The maximum Gasteiger partial charge on any atom is 0.338 e. The molecule has 2 unspecified atom stereocenters. The quantitative estimate of drug-likeness (QED) is 0.438. The van der Waals surface area contributed by atoms with E-state index >= 15 is 0 Å². The van der Waals surface area contributed by atoms with Crippen LogP contribution >= 0.6 is 0 Å². The first-order valence-corrected chi connectivity index (χ1v) is 11.2. The minimum atomic E-state index is -3.91. The second-order valence-electron chi connectivity index (χ2n) is 6.72. The molecule has 0 N–H and O–H groups in total. The molecular weight excluding hydrogens is 428 g/mol. The van der Waals surface area contributed by atoms with Gasteiger partial charge in [0.05, 0.1) is 17.4 Å². The Balaban J connectivity index is 1.65. The van der Waals surface area contributed by atoms with Crippen LogP contribution in [0.2, 0.25) is 0 Å². The topological polar surface area (TPSA) is 114 Å². The Morgan fingerprint density at radius 2 is 1.26 bits per heavy atom. The maximum absolute atomic E-state index is 12.2. The third kappa shape index (κ3) is 6.86. The Morgan fingerprint density at radius 1 is 0.839 bits per heavy atom. The van der Waals surface area contributed by atoms with Crippen molar-refractivity contribution in [3.8, 4) is 0 Å². The molecule has 0 amide bonds. The minimum Gasteiger partial charge on any atom is -0.459 e. The third-order valence-corrected chi connectivity index (χ3v) is 4.93. The molecule has 3 rings (SSSR count). The fraction of sp³-hybridized carbons (Fsp3) is 0.333. The van der Waals surface area contributed by atoms with Crippen molar-refractivity contribution in [1.29, 1.82) is 0 Å². The second kappa shape index (κ2) is 10.5. The number of rotatable bonds is 8. The molecule has 0 aromatic heterocycles. The van der Waals surface area contributed by atoms with Crippen LogP contribution in [0, 0.1) is 0 Å². The molecule has 31 heavy (non-hydrogen) atoms. The average Bonchev–Trinajstić information content (AvgIpc) is 2.77. The Morgan fingerprint density at radius 3 is 1.65 bits per heavy atom. The van der Waals surface area contributed by atoms with Crippen LogP contribution in [0.25, 0.3) is 0 Å². The van der Waals surface area contributed by atoms with Crippen molar-refractivity contribution in [2.24, 2.45) is 0 Å². The summed E-state index contributed by atoms with van der Waals surface area (Å²) in [7, 11) is -3.91. The first-order chi connectivity index (χ1) is 14.8. The molecule has 166 valence electrons. The van der Waals surface area contributed by atoms with Crippen LogP contribution in [0.1, 0.15) is 20.7 Å². The molecule has 1 aliphatic heterocycles. The smallest absolute Gasteiger partial charge is 0.338 e. The highest BCUT2D eigenvalue weighted by atomic mass is 32.2. The van der Waals surface area contributed by atoms with E-state index in [9.17, 15) is 18.0 Å². The summed E-state index contributed by atoms with van der Waals surface area (Å²) in [5.74, 6) is -1.19. The van der Waals surface area contributed by atoms with Crippen LogP contribution in [0.5, 0.6) is 0 Å². The summed E-state index contributed by atoms with van der Waals surface area (Å²) in [5.41, 5.74) is 0.673. The van der Waals surface area contributed by atoms with E-state index < -0.39 is 40.4 Å². The highest BCUT2D eigenvalue weighted by Gasteiger charge is 2.40. The molecule has 9 nitrogen and oxygen atoms in total. The predicted molar refractivity (Wildman–Crippen MR) is 108 cm³/mol. The Kier molecular flexibility index (Phi) is 7.75. The molecule has 2 aromatic rings. The van der Waals surface area contributed by atoms with Gasteiger partial charge in [0.1, 0.15) is 38.3 Å². The molecule has 1 saturated heterocycles. The fourth-order valence-corrected chi connectivity index (χ4v) is 3.54. The zero-order chi connectivity index (χ0) is 22.3. The Bertz CT molecular complexity index is 913. The van der Waals surface area contributed by atoms with Gasteiger partial charge >= 0.3 is 11.9 Å². The average molecular weight is 450 g/mol. The van der Waals surface area contributed by atoms with Crippen molar-refractivity contribution < 1.29 is 41.1 Å². The van der Waals surface area contributed by atoms with Crippen molar-refractivity contribution in [3.05, 3.63) is 71.8 Å². The van der Waals surface area contributed by atoms with E-state index in [2.05, 4.69) is 0 Å². The van der Waals surface area contributed by atoms with Crippen LogP contribution in [-0.2, 0) is 33.2 Å². The van der Waals surface area contributed by atoms with E-state index in [0.29, 0.717) is 11.1 Å². The SMILES string of the molecule is CS(=O)(=O)OC1C(COC(=O)c2ccccc2)OCOC1COC(=O)c1ccccc1. The summed E-state index contributed by atoms with van der Waals surface area (Å²) in [5, 5.41) is 0. The van der Waals surface area contributed by atoms with Crippen LogP contribution in [-0.4, -0.2) is 64.9 Å². The number of esters is 2. The van der Waals surface area contributed by atoms with Gasteiger partial charge in [-0.3, -0.25) is 4.18 Å². The van der Waals surface area contributed by atoms with Crippen molar-refractivity contribution in [2.45, 2.75) is 18.3 Å². The molecule has 1 heterocycles. The van der Waals surface area contributed by atoms with Gasteiger partial charge in [0.2, 0.25) is 0 Å². The van der Waals surface area contributed by atoms with Crippen molar-refractivity contribution >= 4 is 22.1 Å². The fourth-order valence-electron chi connectivity index (χ4n) is 2.89. The molecule has 0 radical (unpaired) electrons. The van der Waals surface area contributed by atoms with Crippen LogP contribution in [0.15, 0.2) is 60.7 Å². The summed E-state index contributed by atoms with van der Waals surface area (Å²) < 4.78 is 50.0. The number of carbonyl (C=O) groups is 2. The summed E-state index contributed by atoms with van der Waals surface area (Å²) >= 11 is 0. The summed E-state index contributed by atoms with van der Waals surface area (Å²) in [6.45, 7) is -0.772. The number of carbonyl (C=O) groups excluding carboxylic acids is 2. The normalized spacial score (nSPS) is 21.3. The van der Waals surface area contributed by atoms with E-state index in [4.69, 9.17) is 23.1 Å². The molecule has 1 aliphatic rings. The number of ether oxygens (including phenoxy) is 4. The minimum absolute atomic E-state index is 0.218. The lowest BCUT2D eigenvalue weighted by Gasteiger charge is -2.36. The lowest BCUT2D eigenvalue weighted by molar-refractivity contribution is -0.236. The van der Waals surface area contributed by atoms with Gasteiger partial charge < -0.3 is 18.9 Å². The van der Waals surface area contributed by atoms with Gasteiger partial charge in [-0.1, -0.05) is 36.4 Å². The van der Waals surface area contributed by atoms with Gasteiger partial charge in [-0.05, 0) is 24.3 Å². The number of hydrogen-bond donors (Lipinski definition) is 0. The van der Waals surface area contributed by atoms with Crippen molar-refractivity contribution in [3.63, 3.8) is 0 Å². The van der Waals surface area contributed by atoms with E-state index in [0.717, 1.165) is 6.26 Å². The summed E-state index contributed by atoms with van der Waals surface area (Å²) in [6, 6.07) is 16.6. The van der Waals surface area contributed by atoms with Gasteiger partial charge in [-0.2, -0.15) is 8.42 Å². The predicted octanol–water partition coefficient (Wildman–Crippen LogP) is 1.79. The highest BCUT2D eigenvalue weighted by molar-refractivity contribution is 7.86. The number of hydrogen-bond acceptors (Lipinski definition) is 9. The highest BCUT2D eigenvalue weighted by Crippen LogP contribution is 2.21. The lowest BCUT2D eigenvalue weighted by atomic mass is 10.1. The van der Waals surface area contributed by atoms with Crippen LogP contribution in [0.3, 0.4) is 0 Å². The standard InChI is InChI=1S/C21H22O9S/c1-31(24,25)30-19-17(12-26-20(22)15-8-4-2-5-9-15)28-14-29-18(19)13-27-21(23)16-10-6-3-7-11-16/h2-11,17-19H,12-14H2,1H3. The Labute approximate surface area is 179 Å². The van der Waals surface area contributed by atoms with E-state index in [1.54, 1.807) is 60.7 Å². The molecular formula is C21H22O9S. The molecule has 10 heteroatoms. The van der Waals surface area contributed by atoms with E-state index in [1.807, 2.05) is 0 Å². The molecule has 0 aliphatic carbocycles. The molecule has 1 fully saturated rings. The second-order valence-corrected chi connectivity index (χ2v) is 8.32. The third-order valence-electron chi connectivity index (χ3n) is 4.36. The monoisotopic (exact) mass is 450 g/mol. The van der Waals surface area contributed by atoms with Gasteiger partial charge in [0.25, 0.3) is 10.1 Å². The molecule has 2 aromatic carbocycles. The van der Waals surface area contributed by atoms with E-state index in [-0.39, 0.29) is 20.0 Å². The van der Waals surface area contributed by atoms with Gasteiger partial charge in [-0.25, -0.2) is 9.59 Å². The van der Waals surface area contributed by atoms with Crippen LogP contribution in [0.4, 0.5) is 0 Å². The maximum atomic E-state index is 12.2. The largest absolute Gasteiger partial charge is 0.459 e. The first kappa shape index (κ1) is 22.9. The van der Waals surface area contributed by atoms with Gasteiger partial charge in [0, 0.05) is 0 Å². The zero-order valence-corrected chi connectivity index (χ0v) is 17.5. The summed E-state index contributed by atoms with van der Waals surface area (Å²) in [4.78, 5) is 24.4. The molecule has 0 saturated carbocycles. The molecule has 0 bridgehead atoms. The first-order valence-electron chi connectivity index (χ1n) is 9.39. The zero-order valence-electron chi connectivity index (χ0n) is 16.7. The van der Waals surface area contributed by atoms with Crippen LogP contribution < -0.4 is 0 Å². The van der Waals surface area contributed by atoms with Gasteiger partial charge in [-0.15, -0.1) is 0 Å².